The molecule has 2 aromatic carbocycles. The van der Waals surface area contributed by atoms with Gasteiger partial charge in [0.1, 0.15) is 5.75 Å². The number of phenolic OH excluding ortho intramolecular Hbond substituents is 1. The number of benzene rings is 2. The lowest BCUT2D eigenvalue weighted by Gasteiger charge is -2.33. The smallest absolute Gasteiger partial charge is 0.423 e. The first kappa shape index (κ1) is 27.8. The largest absolute Gasteiger partial charge is 0.507 e. The number of carbonyl (C=O) groups excluding carboxylic acids is 3. The van der Waals surface area contributed by atoms with Crippen molar-refractivity contribution in [2.45, 2.75) is 53.1 Å². The maximum atomic E-state index is 13.3. The summed E-state index contributed by atoms with van der Waals surface area (Å²) in [4.78, 5) is 39.4. The van der Waals surface area contributed by atoms with E-state index in [9.17, 15) is 19.5 Å². The number of nitrogens with zero attached hydrogens (tertiary/aromatic N) is 1. The molecular weight excluding hydrogens is 506 g/mol. The van der Waals surface area contributed by atoms with Crippen LogP contribution in [0.3, 0.4) is 0 Å². The van der Waals surface area contributed by atoms with Crippen LogP contribution in [-0.4, -0.2) is 47.7 Å². The van der Waals surface area contributed by atoms with Gasteiger partial charge in [-0.15, -0.1) is 0 Å². The van der Waals surface area contributed by atoms with E-state index in [4.69, 9.17) is 9.47 Å². The van der Waals surface area contributed by atoms with Crippen LogP contribution in [0.1, 0.15) is 55.4 Å². The van der Waals surface area contributed by atoms with Crippen LogP contribution in [0.5, 0.6) is 5.75 Å². The molecule has 0 radical (unpaired) electrons. The maximum absolute atomic E-state index is 13.3. The number of ether oxygens (including phenoxy) is 2. The van der Waals surface area contributed by atoms with Crippen molar-refractivity contribution in [3.05, 3.63) is 75.9 Å². The Balaban J connectivity index is 1.45. The third-order valence-corrected chi connectivity index (χ3v) is 8.67. The Kier molecular flexibility index (Phi) is 7.69. The highest BCUT2D eigenvalue weighted by Gasteiger charge is 2.59. The average Bonchev–Trinajstić information content (AvgIpc) is 3.47. The van der Waals surface area contributed by atoms with E-state index < -0.39 is 29.7 Å². The topological polar surface area (TPSA) is 93.1 Å². The first-order valence-electron chi connectivity index (χ1n) is 14.0. The predicted molar refractivity (Wildman–Crippen MR) is 152 cm³/mol. The first-order chi connectivity index (χ1) is 19.1. The lowest BCUT2D eigenvalue weighted by Crippen LogP contribution is -2.38. The fourth-order valence-electron chi connectivity index (χ4n) is 6.74. The van der Waals surface area contributed by atoms with Crippen LogP contribution in [0, 0.1) is 37.5 Å². The van der Waals surface area contributed by atoms with E-state index in [1.54, 1.807) is 0 Å². The van der Waals surface area contributed by atoms with E-state index in [0.717, 1.165) is 51.8 Å². The van der Waals surface area contributed by atoms with E-state index in [-0.39, 0.29) is 17.9 Å². The Labute approximate surface area is 235 Å². The molecule has 40 heavy (non-hydrogen) atoms. The van der Waals surface area contributed by atoms with Crippen molar-refractivity contribution in [3.63, 3.8) is 0 Å². The van der Waals surface area contributed by atoms with Crippen LogP contribution in [0.25, 0.3) is 11.6 Å². The molecule has 0 spiro atoms. The minimum absolute atomic E-state index is 0.172. The number of hydrogen-bond donors (Lipinski definition) is 1. The standard InChI is InChI=1S/C33H37NO6/c1-18(2)24-16-25-29(32(37)34(31(25)36)33(38)39-5)26-17-40-27(28(24)26)12-11-23(22-9-7-6-8-10-22)15-21-13-19(3)30(35)20(4)14-21/h6-10,13-15,18,25-27,29,35H,11-12,16-17H2,1-5H3/b23-15-/t25-,26+,27-,29-/m1/s1. The summed E-state index contributed by atoms with van der Waals surface area (Å²) in [6.45, 7) is 8.38. The van der Waals surface area contributed by atoms with E-state index in [1.807, 2.05) is 44.2 Å². The lowest BCUT2D eigenvalue weighted by molar-refractivity contribution is -0.137. The second-order valence-corrected chi connectivity index (χ2v) is 11.5. The number of rotatable bonds is 6. The maximum Gasteiger partial charge on any atom is 0.423 e. The summed E-state index contributed by atoms with van der Waals surface area (Å²) in [5, 5.41) is 10.3. The highest BCUT2D eigenvalue weighted by atomic mass is 16.5. The molecule has 0 unspecified atom stereocenters. The number of hydrogen-bond acceptors (Lipinski definition) is 6. The fourth-order valence-corrected chi connectivity index (χ4v) is 6.74. The molecule has 2 saturated heterocycles. The van der Waals surface area contributed by atoms with Gasteiger partial charge >= 0.3 is 6.09 Å². The first-order valence-corrected chi connectivity index (χ1v) is 14.0. The molecule has 0 saturated carbocycles. The van der Waals surface area contributed by atoms with Gasteiger partial charge in [-0.3, -0.25) is 9.59 Å². The van der Waals surface area contributed by atoms with Gasteiger partial charge in [-0.2, -0.15) is 4.90 Å². The molecule has 0 bridgehead atoms. The molecule has 3 amide bonds. The van der Waals surface area contributed by atoms with E-state index in [0.29, 0.717) is 23.7 Å². The minimum atomic E-state index is -0.912. The molecular formula is C33H37NO6. The summed E-state index contributed by atoms with van der Waals surface area (Å²) in [7, 11) is 1.18. The van der Waals surface area contributed by atoms with Gasteiger partial charge < -0.3 is 14.6 Å². The summed E-state index contributed by atoms with van der Waals surface area (Å²) in [5.74, 6) is -1.81. The van der Waals surface area contributed by atoms with E-state index >= 15 is 0 Å². The molecule has 2 fully saturated rings. The van der Waals surface area contributed by atoms with E-state index in [2.05, 4.69) is 32.1 Å². The SMILES string of the molecule is COC(=O)N1C(=O)[C@@H]2[C@@H](CC(C(C)C)=C3[C@@H](CC/C(=C/c4cc(C)c(O)c(C)c4)c4ccccc4)OC[C@@H]32)C1=O. The van der Waals surface area contributed by atoms with Crippen LogP contribution in [0.2, 0.25) is 0 Å². The van der Waals surface area contributed by atoms with Crippen molar-refractivity contribution >= 4 is 29.6 Å². The van der Waals surface area contributed by atoms with Gasteiger partial charge in [-0.1, -0.05) is 55.8 Å². The summed E-state index contributed by atoms with van der Waals surface area (Å²) in [5.41, 5.74) is 7.26. The number of aromatic hydroxyl groups is 1. The predicted octanol–water partition coefficient (Wildman–Crippen LogP) is 6.07. The Morgan fingerprint density at radius 1 is 1.10 bits per heavy atom. The van der Waals surface area contributed by atoms with Crippen LogP contribution in [0.15, 0.2) is 53.6 Å². The zero-order valence-corrected chi connectivity index (χ0v) is 23.8. The van der Waals surface area contributed by atoms with Crippen molar-refractivity contribution < 1.29 is 29.0 Å². The molecule has 2 aromatic rings. The van der Waals surface area contributed by atoms with Crippen LogP contribution < -0.4 is 0 Å². The highest BCUT2D eigenvalue weighted by Crippen LogP contribution is 2.51. The molecule has 0 aromatic heterocycles. The number of carbonyl (C=O) groups is 3. The monoisotopic (exact) mass is 543 g/mol. The summed E-state index contributed by atoms with van der Waals surface area (Å²) in [6.07, 6.45) is 3.01. The number of allylic oxidation sites excluding steroid dienone is 2. The summed E-state index contributed by atoms with van der Waals surface area (Å²) in [6, 6.07) is 14.2. The summed E-state index contributed by atoms with van der Waals surface area (Å²) >= 11 is 0. The minimum Gasteiger partial charge on any atom is -0.507 e. The molecule has 2 heterocycles. The Bertz CT molecular complexity index is 1380. The van der Waals surface area contributed by atoms with Gasteiger partial charge in [0.05, 0.1) is 31.7 Å². The van der Waals surface area contributed by atoms with E-state index in [1.165, 1.54) is 7.11 Å². The lowest BCUT2D eigenvalue weighted by atomic mass is 9.67. The Morgan fingerprint density at radius 3 is 2.40 bits per heavy atom. The van der Waals surface area contributed by atoms with Gasteiger partial charge in [0.25, 0.3) is 0 Å². The highest BCUT2D eigenvalue weighted by molar-refractivity contribution is 6.16. The molecule has 2 aliphatic heterocycles. The number of phenols is 1. The molecule has 1 N–H and O–H groups in total. The fraction of sp³-hybridized carbons (Fsp3) is 0.424. The number of likely N-dealkylation sites (tertiary alicyclic amines) is 1. The Morgan fingerprint density at radius 2 is 1.77 bits per heavy atom. The average molecular weight is 544 g/mol. The zero-order valence-electron chi connectivity index (χ0n) is 23.8. The number of fused-ring (bicyclic) bond motifs is 3. The van der Waals surface area contributed by atoms with Crippen LogP contribution >= 0.6 is 0 Å². The zero-order chi connectivity index (χ0) is 28.7. The molecule has 3 aliphatic rings. The van der Waals surface area contributed by atoms with Gasteiger partial charge in [0, 0.05) is 5.92 Å². The molecule has 7 heteroatoms. The summed E-state index contributed by atoms with van der Waals surface area (Å²) < 4.78 is 11.1. The van der Waals surface area contributed by atoms with Gasteiger partial charge in [-0.25, -0.2) is 4.79 Å². The van der Waals surface area contributed by atoms with Gasteiger partial charge in [-0.05, 0) is 84.6 Å². The number of imide groups is 3. The van der Waals surface area contributed by atoms with Crippen molar-refractivity contribution in [1.29, 1.82) is 0 Å². The number of methoxy groups -OCH3 is 1. The second-order valence-electron chi connectivity index (χ2n) is 11.5. The molecule has 5 rings (SSSR count). The van der Waals surface area contributed by atoms with Crippen molar-refractivity contribution in [2.24, 2.45) is 23.7 Å². The second kappa shape index (κ2) is 11.0. The van der Waals surface area contributed by atoms with Gasteiger partial charge in [0.2, 0.25) is 11.8 Å². The molecule has 1 aliphatic carbocycles. The van der Waals surface area contributed by atoms with Crippen LogP contribution in [0.4, 0.5) is 4.79 Å². The molecule has 4 atom stereocenters. The Hall–Kier alpha value is -3.71. The third-order valence-electron chi connectivity index (χ3n) is 8.67. The molecule has 210 valence electrons. The number of amides is 3. The van der Waals surface area contributed by atoms with Crippen molar-refractivity contribution in [3.8, 4) is 5.75 Å². The normalized spacial score (nSPS) is 24.6. The third kappa shape index (κ3) is 4.87. The quantitative estimate of drug-likeness (QED) is 0.270. The molecule has 7 nitrogen and oxygen atoms in total. The van der Waals surface area contributed by atoms with Crippen LogP contribution in [-0.2, 0) is 19.1 Å². The number of aryl methyl sites for hydroxylation is 2. The van der Waals surface area contributed by atoms with Gasteiger partial charge in [0.15, 0.2) is 0 Å². The van der Waals surface area contributed by atoms with Crippen molar-refractivity contribution in [2.75, 3.05) is 13.7 Å². The van der Waals surface area contributed by atoms with Crippen molar-refractivity contribution in [1.82, 2.24) is 4.90 Å².